The molecule has 0 aliphatic heterocycles. The van der Waals surface area contributed by atoms with E-state index in [0.717, 1.165) is 18.9 Å². The summed E-state index contributed by atoms with van der Waals surface area (Å²) in [6, 6.07) is 15.2. The fraction of sp³-hybridized carbons (Fsp3) is 0.389. The number of carbonyl (C=O) groups excluding carboxylic acids is 2. The van der Waals surface area contributed by atoms with Gasteiger partial charge < -0.3 is 24.9 Å². The minimum absolute atomic E-state index is 0.122. The summed E-state index contributed by atoms with van der Waals surface area (Å²) in [5.41, 5.74) is 0.367. The van der Waals surface area contributed by atoms with Crippen LogP contribution in [0.25, 0.3) is 10.8 Å². The molecule has 11 heteroatoms. The summed E-state index contributed by atoms with van der Waals surface area (Å²) in [4.78, 5) is 36.5. The Balaban J connectivity index is 1.33. The minimum Gasteiger partial charge on any atom is -0.506 e. The number of furan rings is 1. The molecule has 250 valence electrons. The molecule has 0 aliphatic carbocycles. The highest BCUT2D eigenvalue weighted by Crippen LogP contribution is 2.36. The Morgan fingerprint density at radius 1 is 0.809 bits per heavy atom. The average molecular weight is 664 g/mol. The van der Waals surface area contributed by atoms with E-state index >= 15 is 0 Å². The number of fused-ring (bicyclic) bond motifs is 1. The van der Waals surface area contributed by atoms with Crippen LogP contribution in [0.4, 0.5) is 17.3 Å². The molecule has 0 aliphatic rings. The largest absolute Gasteiger partial charge is 0.506 e. The zero-order valence-electron chi connectivity index (χ0n) is 26.7. The predicted molar refractivity (Wildman–Crippen MR) is 185 cm³/mol. The summed E-state index contributed by atoms with van der Waals surface area (Å²) < 4.78 is 10.9. The Morgan fingerprint density at radius 3 is 2.06 bits per heavy atom. The van der Waals surface area contributed by atoms with Crippen LogP contribution in [-0.4, -0.2) is 28.5 Å². The molecule has 1 heterocycles. The third kappa shape index (κ3) is 10.2. The first-order chi connectivity index (χ1) is 22.8. The second-order valence-corrected chi connectivity index (χ2v) is 12.0. The zero-order chi connectivity index (χ0) is 33.6. The molecule has 2 amide bonds. The second kappa shape index (κ2) is 17.9. The maximum Gasteiger partial charge on any atom is 0.433 e. The van der Waals surface area contributed by atoms with Gasteiger partial charge in [0.25, 0.3) is 11.8 Å². The highest BCUT2D eigenvalue weighted by molar-refractivity contribution is 6.34. The van der Waals surface area contributed by atoms with E-state index in [9.17, 15) is 24.8 Å². The van der Waals surface area contributed by atoms with Crippen LogP contribution in [0.15, 0.2) is 65.1 Å². The lowest BCUT2D eigenvalue weighted by Gasteiger charge is -2.15. The molecule has 0 unspecified atom stereocenters. The number of halogens is 1. The van der Waals surface area contributed by atoms with Crippen molar-refractivity contribution in [2.75, 3.05) is 17.2 Å². The van der Waals surface area contributed by atoms with Gasteiger partial charge in [-0.05, 0) is 30.7 Å². The number of phenolic OH excluding ortho intramolecular Hbond substituents is 1. The van der Waals surface area contributed by atoms with Gasteiger partial charge in [0.05, 0.1) is 34.6 Å². The van der Waals surface area contributed by atoms with Gasteiger partial charge in [-0.3, -0.25) is 19.7 Å². The number of anilines is 2. The first kappa shape index (κ1) is 35.3. The van der Waals surface area contributed by atoms with Crippen LogP contribution >= 0.6 is 11.6 Å². The van der Waals surface area contributed by atoms with E-state index in [2.05, 4.69) is 17.6 Å². The standard InChI is InChI=1S/C36H42ClN3O7/c1-2-3-4-5-6-7-8-9-10-11-12-15-22-46-25-18-19-29(37)31(23-25)39-35(42)28-24-30(26-16-13-14-17-27(26)34(28)41)38-36(43)32-20-21-33(47-32)40(44)45/h13-14,16-21,23-24,41H,2-12,15,22H2,1H3,(H,38,43)(H,39,42). The third-order valence-corrected chi connectivity index (χ3v) is 8.29. The van der Waals surface area contributed by atoms with Crippen LogP contribution in [-0.2, 0) is 0 Å². The number of nitrogens with zero attached hydrogens (tertiary/aromatic N) is 1. The number of unbranched alkanes of at least 4 members (excludes halogenated alkanes) is 11. The predicted octanol–water partition coefficient (Wildman–Crippen LogP) is 10.3. The lowest BCUT2D eigenvalue weighted by Crippen LogP contribution is -2.15. The number of hydrogen-bond acceptors (Lipinski definition) is 7. The van der Waals surface area contributed by atoms with Gasteiger partial charge in [-0.25, -0.2) is 0 Å². The van der Waals surface area contributed by atoms with Crippen molar-refractivity contribution in [2.24, 2.45) is 0 Å². The molecule has 0 fully saturated rings. The lowest BCUT2D eigenvalue weighted by molar-refractivity contribution is -0.402. The Kier molecular flexibility index (Phi) is 13.5. The summed E-state index contributed by atoms with van der Waals surface area (Å²) in [5.74, 6) is -2.04. The van der Waals surface area contributed by atoms with Gasteiger partial charge in [0, 0.05) is 16.8 Å². The number of ether oxygens (including phenoxy) is 1. The van der Waals surface area contributed by atoms with Crippen LogP contribution in [0.5, 0.6) is 11.5 Å². The third-order valence-electron chi connectivity index (χ3n) is 7.96. The maximum atomic E-state index is 13.4. The highest BCUT2D eigenvalue weighted by atomic mass is 35.5. The van der Waals surface area contributed by atoms with Crippen LogP contribution in [0, 0.1) is 10.1 Å². The first-order valence-corrected chi connectivity index (χ1v) is 16.7. The van der Waals surface area contributed by atoms with Crippen LogP contribution in [0.3, 0.4) is 0 Å². The number of amides is 2. The van der Waals surface area contributed by atoms with Crippen LogP contribution in [0.1, 0.15) is 105 Å². The molecule has 1 aromatic heterocycles. The van der Waals surface area contributed by atoms with Crippen LogP contribution < -0.4 is 15.4 Å². The molecule has 47 heavy (non-hydrogen) atoms. The lowest BCUT2D eigenvalue weighted by atomic mass is 10.0. The Hall–Kier alpha value is -4.57. The molecule has 4 rings (SSSR count). The Bertz CT molecular complexity index is 1670. The van der Waals surface area contributed by atoms with E-state index in [1.54, 1.807) is 42.5 Å². The molecule has 10 nitrogen and oxygen atoms in total. The van der Waals surface area contributed by atoms with Gasteiger partial charge in [-0.1, -0.05) is 113 Å². The molecule has 0 radical (unpaired) electrons. The van der Waals surface area contributed by atoms with E-state index in [4.69, 9.17) is 20.8 Å². The van der Waals surface area contributed by atoms with Crippen molar-refractivity contribution in [3.05, 3.63) is 87.1 Å². The normalized spacial score (nSPS) is 11.0. The smallest absolute Gasteiger partial charge is 0.433 e. The van der Waals surface area contributed by atoms with E-state index < -0.39 is 22.6 Å². The number of hydrogen-bond donors (Lipinski definition) is 3. The van der Waals surface area contributed by atoms with E-state index in [0.29, 0.717) is 28.8 Å². The quantitative estimate of drug-likeness (QED) is 0.0392. The number of nitrogens with one attached hydrogen (secondary N) is 2. The summed E-state index contributed by atoms with van der Waals surface area (Å²) >= 11 is 6.39. The van der Waals surface area contributed by atoms with E-state index in [-0.39, 0.29) is 27.8 Å². The number of phenols is 1. The molecule has 0 saturated heterocycles. The number of benzene rings is 3. The van der Waals surface area contributed by atoms with Gasteiger partial charge in [-0.15, -0.1) is 0 Å². The van der Waals surface area contributed by atoms with E-state index in [1.807, 2.05) is 0 Å². The molecule has 0 atom stereocenters. The molecule has 0 spiro atoms. The highest BCUT2D eigenvalue weighted by Gasteiger charge is 2.22. The Morgan fingerprint density at radius 2 is 1.43 bits per heavy atom. The van der Waals surface area contributed by atoms with Gasteiger partial charge in [0.2, 0.25) is 0 Å². The van der Waals surface area contributed by atoms with Crippen molar-refractivity contribution in [3.63, 3.8) is 0 Å². The van der Waals surface area contributed by atoms with Gasteiger partial charge in [-0.2, -0.15) is 0 Å². The minimum atomic E-state index is -0.763. The molecule has 4 aromatic rings. The molecule has 3 aromatic carbocycles. The van der Waals surface area contributed by atoms with Crippen molar-refractivity contribution in [1.82, 2.24) is 0 Å². The van der Waals surface area contributed by atoms with Crippen LogP contribution in [0.2, 0.25) is 5.02 Å². The van der Waals surface area contributed by atoms with Gasteiger partial charge in [0.15, 0.2) is 5.76 Å². The fourth-order valence-electron chi connectivity index (χ4n) is 5.38. The zero-order valence-corrected chi connectivity index (χ0v) is 27.4. The number of carbonyl (C=O) groups is 2. The molecule has 0 saturated carbocycles. The SMILES string of the molecule is CCCCCCCCCCCCCCOc1ccc(Cl)c(NC(=O)c2cc(NC(=O)c3ccc([N+](=O)[O-])o3)c3ccccc3c2O)c1. The van der Waals surface area contributed by atoms with Crippen molar-refractivity contribution in [2.45, 2.75) is 84.0 Å². The summed E-state index contributed by atoms with van der Waals surface area (Å²) in [5, 5.41) is 28.4. The first-order valence-electron chi connectivity index (χ1n) is 16.3. The van der Waals surface area contributed by atoms with Gasteiger partial charge in [0.1, 0.15) is 16.4 Å². The van der Waals surface area contributed by atoms with Crippen molar-refractivity contribution in [1.29, 1.82) is 0 Å². The molecular weight excluding hydrogens is 622 g/mol. The number of rotatable bonds is 19. The Labute approximate surface area is 279 Å². The number of nitro groups is 1. The van der Waals surface area contributed by atoms with Crippen molar-refractivity contribution in [3.8, 4) is 11.5 Å². The monoisotopic (exact) mass is 663 g/mol. The van der Waals surface area contributed by atoms with E-state index in [1.165, 1.54) is 76.3 Å². The molecular formula is C36H42ClN3O7. The topological polar surface area (TPSA) is 144 Å². The molecule has 0 bridgehead atoms. The van der Waals surface area contributed by atoms with Crippen molar-refractivity contribution >= 4 is 51.4 Å². The summed E-state index contributed by atoms with van der Waals surface area (Å²) in [6.45, 7) is 2.78. The fourth-order valence-corrected chi connectivity index (χ4v) is 5.55. The summed E-state index contributed by atoms with van der Waals surface area (Å²) in [7, 11) is 0. The second-order valence-electron chi connectivity index (χ2n) is 11.5. The maximum absolute atomic E-state index is 13.4. The number of aromatic hydroxyl groups is 1. The molecule has 3 N–H and O–H groups in total. The average Bonchev–Trinajstić information content (AvgIpc) is 3.57. The van der Waals surface area contributed by atoms with Crippen molar-refractivity contribution < 1.29 is 28.8 Å². The van der Waals surface area contributed by atoms with Gasteiger partial charge >= 0.3 is 5.88 Å². The summed E-state index contributed by atoms with van der Waals surface area (Å²) in [6.07, 6.45) is 15.1.